The molecule has 0 aliphatic rings. The second-order valence-electron chi connectivity index (χ2n) is 7.65. The lowest BCUT2D eigenvalue weighted by atomic mass is 10.3. The summed E-state index contributed by atoms with van der Waals surface area (Å²) in [5.74, 6) is 0.713. The molecule has 0 spiro atoms. The lowest BCUT2D eigenvalue weighted by Gasteiger charge is -2.22. The first kappa shape index (κ1) is 21.9. The van der Waals surface area contributed by atoms with Crippen LogP contribution in [0.25, 0.3) is 5.69 Å². The van der Waals surface area contributed by atoms with Gasteiger partial charge in [-0.05, 0) is 39.8 Å². The van der Waals surface area contributed by atoms with Crippen LogP contribution in [0.2, 0.25) is 0 Å². The minimum atomic E-state index is -3.19. The molecule has 0 atom stereocenters. The van der Waals surface area contributed by atoms with Crippen molar-refractivity contribution in [2.24, 2.45) is 4.99 Å². The molecule has 0 unspecified atom stereocenters. The molecule has 0 radical (unpaired) electrons. The first-order chi connectivity index (χ1) is 13.1. The molecule has 8 heteroatoms. The van der Waals surface area contributed by atoms with E-state index >= 15 is 0 Å². The Labute approximate surface area is 168 Å². The minimum Gasteiger partial charge on any atom is -0.357 e. The van der Waals surface area contributed by atoms with Crippen LogP contribution in [-0.2, 0) is 16.4 Å². The molecule has 2 rings (SSSR count). The van der Waals surface area contributed by atoms with E-state index < -0.39 is 14.6 Å². The standard InChI is InChI=1S/C20H31N5O2S/c1-6-21-19(22-12-13-28(26,27)20(2,3)4)24(5)15-17-14-23-25(16-17)18-10-8-7-9-11-18/h7-11,14,16H,6,12-13,15H2,1-5H3,(H,21,22). The third-order valence-electron chi connectivity index (χ3n) is 4.33. The lowest BCUT2D eigenvalue weighted by molar-refractivity contribution is 0.477. The van der Waals surface area contributed by atoms with Crippen molar-refractivity contribution >= 4 is 15.8 Å². The Kier molecular flexibility index (Phi) is 7.23. The van der Waals surface area contributed by atoms with Gasteiger partial charge in [-0.1, -0.05) is 18.2 Å². The van der Waals surface area contributed by atoms with Gasteiger partial charge in [-0.15, -0.1) is 0 Å². The fraction of sp³-hybridized carbons (Fsp3) is 0.500. The van der Waals surface area contributed by atoms with Crippen LogP contribution in [0.15, 0.2) is 47.7 Å². The average molecular weight is 406 g/mol. The summed E-state index contributed by atoms with van der Waals surface area (Å²) in [5.41, 5.74) is 2.05. The fourth-order valence-corrected chi connectivity index (χ4v) is 3.50. The zero-order valence-corrected chi connectivity index (χ0v) is 18.2. The Bertz CT molecular complexity index is 883. The molecule has 1 N–H and O–H groups in total. The molecular formula is C20H31N5O2S. The molecule has 0 bridgehead atoms. The van der Waals surface area contributed by atoms with E-state index in [9.17, 15) is 8.42 Å². The Morgan fingerprint density at radius 3 is 2.54 bits per heavy atom. The second kappa shape index (κ2) is 9.23. The Hall–Kier alpha value is -2.35. The summed E-state index contributed by atoms with van der Waals surface area (Å²) in [6, 6.07) is 9.93. The van der Waals surface area contributed by atoms with Crippen LogP contribution >= 0.6 is 0 Å². The van der Waals surface area contributed by atoms with E-state index in [1.807, 2.05) is 66.3 Å². The van der Waals surface area contributed by atoms with Crippen molar-refractivity contribution in [3.05, 3.63) is 48.3 Å². The fourth-order valence-electron chi connectivity index (χ4n) is 2.56. The van der Waals surface area contributed by atoms with Crippen LogP contribution in [0, 0.1) is 0 Å². The summed E-state index contributed by atoms with van der Waals surface area (Å²) in [6.45, 7) is 8.69. The molecule has 0 aliphatic heterocycles. The number of guanidine groups is 1. The van der Waals surface area contributed by atoms with Gasteiger partial charge in [0.15, 0.2) is 15.8 Å². The molecule has 0 aliphatic carbocycles. The first-order valence-corrected chi connectivity index (χ1v) is 11.1. The number of hydrogen-bond acceptors (Lipinski definition) is 4. The Morgan fingerprint density at radius 2 is 1.93 bits per heavy atom. The normalized spacial score (nSPS) is 12.8. The van der Waals surface area contributed by atoms with Crippen LogP contribution in [0.5, 0.6) is 0 Å². The Balaban J connectivity index is 2.04. The van der Waals surface area contributed by atoms with Crippen molar-refractivity contribution in [2.45, 2.75) is 39.0 Å². The molecule has 0 amide bonds. The van der Waals surface area contributed by atoms with Gasteiger partial charge < -0.3 is 10.2 Å². The Morgan fingerprint density at radius 1 is 1.25 bits per heavy atom. The molecule has 28 heavy (non-hydrogen) atoms. The maximum Gasteiger partial charge on any atom is 0.193 e. The minimum absolute atomic E-state index is 0.0329. The van der Waals surface area contributed by atoms with Gasteiger partial charge in [-0.25, -0.2) is 13.1 Å². The van der Waals surface area contributed by atoms with Gasteiger partial charge in [0.1, 0.15) is 0 Å². The average Bonchev–Trinajstić information content (AvgIpc) is 3.09. The van der Waals surface area contributed by atoms with Crippen LogP contribution in [0.1, 0.15) is 33.3 Å². The van der Waals surface area contributed by atoms with Gasteiger partial charge in [-0.2, -0.15) is 5.10 Å². The van der Waals surface area contributed by atoms with Gasteiger partial charge in [0, 0.05) is 31.9 Å². The zero-order chi connectivity index (χ0) is 20.8. The number of benzene rings is 1. The molecular weight excluding hydrogens is 374 g/mol. The van der Waals surface area contributed by atoms with E-state index in [2.05, 4.69) is 15.4 Å². The predicted molar refractivity (Wildman–Crippen MR) is 115 cm³/mol. The van der Waals surface area contributed by atoms with Gasteiger partial charge in [-0.3, -0.25) is 4.99 Å². The van der Waals surface area contributed by atoms with Gasteiger partial charge in [0.2, 0.25) is 0 Å². The van der Waals surface area contributed by atoms with E-state index in [-0.39, 0.29) is 12.3 Å². The van der Waals surface area contributed by atoms with Crippen molar-refractivity contribution in [1.82, 2.24) is 20.0 Å². The summed E-state index contributed by atoms with van der Waals surface area (Å²) >= 11 is 0. The lowest BCUT2D eigenvalue weighted by Crippen LogP contribution is -2.39. The second-order valence-corrected chi connectivity index (χ2v) is 10.5. The van der Waals surface area contributed by atoms with Gasteiger partial charge >= 0.3 is 0 Å². The van der Waals surface area contributed by atoms with Crippen LogP contribution < -0.4 is 5.32 Å². The highest BCUT2D eigenvalue weighted by molar-refractivity contribution is 7.92. The summed E-state index contributed by atoms with van der Waals surface area (Å²) in [7, 11) is -1.26. The molecule has 1 aromatic carbocycles. The maximum atomic E-state index is 12.3. The highest BCUT2D eigenvalue weighted by Crippen LogP contribution is 2.15. The van der Waals surface area contributed by atoms with E-state index in [0.29, 0.717) is 19.0 Å². The number of nitrogens with zero attached hydrogens (tertiary/aromatic N) is 4. The highest BCUT2D eigenvalue weighted by atomic mass is 32.2. The van der Waals surface area contributed by atoms with Crippen molar-refractivity contribution in [1.29, 1.82) is 0 Å². The first-order valence-electron chi connectivity index (χ1n) is 9.45. The smallest absolute Gasteiger partial charge is 0.193 e. The summed E-state index contributed by atoms with van der Waals surface area (Å²) in [6.07, 6.45) is 3.82. The van der Waals surface area contributed by atoms with Crippen molar-refractivity contribution in [3.8, 4) is 5.69 Å². The quantitative estimate of drug-likeness (QED) is 0.565. The highest BCUT2D eigenvalue weighted by Gasteiger charge is 2.28. The number of rotatable bonds is 7. The largest absolute Gasteiger partial charge is 0.357 e. The topological polar surface area (TPSA) is 79.6 Å². The number of hydrogen-bond donors (Lipinski definition) is 1. The molecule has 0 fully saturated rings. The third-order valence-corrected chi connectivity index (χ3v) is 6.91. The number of aliphatic imine (C=N–C) groups is 1. The van der Waals surface area contributed by atoms with Crippen molar-refractivity contribution in [3.63, 3.8) is 0 Å². The monoisotopic (exact) mass is 405 g/mol. The van der Waals surface area contributed by atoms with Crippen LogP contribution in [0.4, 0.5) is 0 Å². The third kappa shape index (κ3) is 5.82. The summed E-state index contributed by atoms with van der Waals surface area (Å²) in [5, 5.41) is 7.64. The number of nitrogens with one attached hydrogen (secondary N) is 1. The van der Waals surface area contributed by atoms with E-state index in [1.165, 1.54) is 0 Å². The molecule has 7 nitrogen and oxygen atoms in total. The zero-order valence-electron chi connectivity index (χ0n) is 17.4. The molecule has 2 aromatic rings. The van der Waals surface area contributed by atoms with E-state index in [1.54, 1.807) is 20.8 Å². The van der Waals surface area contributed by atoms with Crippen molar-refractivity contribution in [2.75, 3.05) is 25.9 Å². The number of sulfone groups is 1. The molecule has 1 heterocycles. The number of para-hydroxylation sites is 1. The van der Waals surface area contributed by atoms with Crippen LogP contribution in [0.3, 0.4) is 0 Å². The van der Waals surface area contributed by atoms with Crippen molar-refractivity contribution < 1.29 is 8.42 Å². The van der Waals surface area contributed by atoms with Gasteiger partial charge in [0.25, 0.3) is 0 Å². The van der Waals surface area contributed by atoms with Crippen LogP contribution in [-0.4, -0.2) is 59.7 Å². The van der Waals surface area contributed by atoms with E-state index in [0.717, 1.165) is 11.3 Å². The molecule has 1 aromatic heterocycles. The maximum absolute atomic E-state index is 12.3. The SMILES string of the molecule is CCNC(=NCCS(=O)(=O)C(C)(C)C)N(C)Cc1cnn(-c2ccccc2)c1. The van der Waals surface area contributed by atoms with Gasteiger partial charge in [0.05, 0.1) is 28.9 Å². The molecule has 0 saturated carbocycles. The molecule has 0 saturated heterocycles. The summed E-state index contributed by atoms with van der Waals surface area (Å²) in [4.78, 5) is 6.47. The predicted octanol–water partition coefficient (Wildman–Crippen LogP) is 2.48. The number of aromatic nitrogens is 2. The summed E-state index contributed by atoms with van der Waals surface area (Å²) < 4.78 is 25.6. The molecule has 154 valence electrons. The van der Waals surface area contributed by atoms with E-state index in [4.69, 9.17) is 0 Å².